The molecule has 0 radical (unpaired) electrons. The van der Waals surface area contributed by atoms with E-state index in [1.807, 2.05) is 6.92 Å². The molecule has 0 aliphatic heterocycles. The highest BCUT2D eigenvalue weighted by atomic mass is 19.1. The Morgan fingerprint density at radius 1 is 1.20 bits per heavy atom. The van der Waals surface area contributed by atoms with E-state index in [4.69, 9.17) is 0 Å². The Morgan fingerprint density at radius 3 is 2.43 bits per heavy atom. The van der Waals surface area contributed by atoms with Gasteiger partial charge in [0.25, 0.3) is 5.91 Å². The molecule has 1 heterocycles. The summed E-state index contributed by atoms with van der Waals surface area (Å²) in [6.45, 7) is 6.78. The smallest absolute Gasteiger partial charge is 0.314 e. The van der Waals surface area contributed by atoms with Gasteiger partial charge in [0.05, 0.1) is 10.9 Å². The number of aromatic nitrogens is 1. The van der Waals surface area contributed by atoms with Crippen LogP contribution in [0, 0.1) is 24.5 Å². The lowest BCUT2D eigenvalue weighted by molar-refractivity contribution is -0.145. The van der Waals surface area contributed by atoms with Gasteiger partial charge < -0.3 is 10.2 Å². The van der Waals surface area contributed by atoms with Crippen LogP contribution in [0.15, 0.2) is 36.4 Å². The van der Waals surface area contributed by atoms with Crippen molar-refractivity contribution >= 4 is 22.8 Å². The summed E-state index contributed by atoms with van der Waals surface area (Å²) in [5, 5.41) is 20.3. The Balaban J connectivity index is 2.43. The van der Waals surface area contributed by atoms with E-state index < -0.39 is 34.7 Å². The average Bonchev–Trinajstić information content (AvgIpc) is 2.97. The maximum absolute atomic E-state index is 14.2. The summed E-state index contributed by atoms with van der Waals surface area (Å²) in [4.78, 5) is 25.6. The number of benzene rings is 2. The Hall–Kier alpha value is -3.22. The fourth-order valence-electron chi connectivity index (χ4n) is 4.06. The Morgan fingerprint density at radius 2 is 1.87 bits per heavy atom. The van der Waals surface area contributed by atoms with Gasteiger partial charge in [-0.15, -0.1) is 0 Å². The SMILES string of the molecule is CCC(C)[C@@](C)(C(=O)O)c1c(C)n(C(=O)c2cccc(F)c2)c2cc(F)c(O)cc12. The van der Waals surface area contributed by atoms with E-state index >= 15 is 0 Å². The maximum Gasteiger partial charge on any atom is 0.314 e. The molecule has 2 atom stereocenters. The van der Waals surface area contributed by atoms with Crippen molar-refractivity contribution in [3.05, 3.63) is 64.9 Å². The molecular formula is C23H23F2NO4. The minimum absolute atomic E-state index is 0.0376. The number of carbonyl (C=O) groups excluding carboxylic acids is 1. The molecule has 2 aromatic carbocycles. The third-order valence-corrected chi connectivity index (χ3v) is 6.11. The van der Waals surface area contributed by atoms with Gasteiger partial charge in [-0.3, -0.25) is 14.2 Å². The fourth-order valence-corrected chi connectivity index (χ4v) is 4.06. The third kappa shape index (κ3) is 3.14. The normalized spacial score (nSPS) is 14.5. The van der Waals surface area contributed by atoms with E-state index in [2.05, 4.69) is 0 Å². The molecule has 3 rings (SSSR count). The second kappa shape index (κ2) is 7.55. The Kier molecular flexibility index (Phi) is 5.41. The van der Waals surface area contributed by atoms with Gasteiger partial charge >= 0.3 is 5.97 Å². The fraction of sp³-hybridized carbons (Fsp3) is 0.304. The van der Waals surface area contributed by atoms with Gasteiger partial charge in [0.2, 0.25) is 0 Å². The predicted octanol–water partition coefficient (Wildman–Crippen LogP) is 5.01. The van der Waals surface area contributed by atoms with E-state index in [9.17, 15) is 28.6 Å². The summed E-state index contributed by atoms with van der Waals surface area (Å²) >= 11 is 0. The molecule has 0 saturated carbocycles. The molecule has 0 fully saturated rings. The van der Waals surface area contributed by atoms with Crippen LogP contribution in [0.2, 0.25) is 0 Å². The van der Waals surface area contributed by atoms with Crippen molar-refractivity contribution in [3.8, 4) is 5.75 Å². The number of phenols is 1. The first-order chi connectivity index (χ1) is 14.0. The number of fused-ring (bicyclic) bond motifs is 1. The van der Waals surface area contributed by atoms with Crippen LogP contribution in [0.5, 0.6) is 5.75 Å². The summed E-state index contributed by atoms with van der Waals surface area (Å²) in [5.74, 6) is -4.24. The van der Waals surface area contributed by atoms with Crippen LogP contribution in [0.4, 0.5) is 8.78 Å². The maximum atomic E-state index is 14.2. The molecule has 5 nitrogen and oxygen atoms in total. The first-order valence-corrected chi connectivity index (χ1v) is 9.61. The van der Waals surface area contributed by atoms with Gasteiger partial charge in [-0.2, -0.15) is 0 Å². The summed E-state index contributed by atoms with van der Waals surface area (Å²) in [6, 6.07) is 7.22. The summed E-state index contributed by atoms with van der Waals surface area (Å²) < 4.78 is 29.1. The van der Waals surface area contributed by atoms with Crippen molar-refractivity contribution in [1.82, 2.24) is 4.57 Å². The van der Waals surface area contributed by atoms with E-state index in [0.717, 1.165) is 18.2 Å². The van der Waals surface area contributed by atoms with Gasteiger partial charge in [0.1, 0.15) is 5.82 Å². The van der Waals surface area contributed by atoms with Crippen LogP contribution in [0.25, 0.3) is 10.9 Å². The van der Waals surface area contributed by atoms with Crippen molar-refractivity contribution in [2.24, 2.45) is 5.92 Å². The van der Waals surface area contributed by atoms with E-state index in [0.29, 0.717) is 17.7 Å². The van der Waals surface area contributed by atoms with Gasteiger partial charge in [0.15, 0.2) is 11.6 Å². The van der Waals surface area contributed by atoms with Gasteiger partial charge in [-0.1, -0.05) is 26.3 Å². The van der Waals surface area contributed by atoms with Crippen LogP contribution in [-0.4, -0.2) is 26.7 Å². The number of carboxylic acid groups (broad SMARTS) is 1. The van der Waals surface area contributed by atoms with Gasteiger partial charge in [0, 0.05) is 22.7 Å². The molecule has 0 aliphatic rings. The van der Waals surface area contributed by atoms with Crippen molar-refractivity contribution in [2.75, 3.05) is 0 Å². The molecule has 0 spiro atoms. The molecule has 1 unspecified atom stereocenters. The van der Waals surface area contributed by atoms with Crippen molar-refractivity contribution in [3.63, 3.8) is 0 Å². The van der Waals surface area contributed by atoms with Crippen LogP contribution in [0.1, 0.15) is 48.8 Å². The Bertz CT molecular complexity index is 1170. The number of phenolic OH excluding ortho intramolecular Hbond substituents is 1. The van der Waals surface area contributed by atoms with E-state index in [1.165, 1.54) is 22.8 Å². The molecule has 0 bridgehead atoms. The molecule has 2 N–H and O–H groups in total. The van der Waals surface area contributed by atoms with Crippen LogP contribution in [-0.2, 0) is 10.2 Å². The molecule has 3 aromatic rings. The number of nitrogens with zero attached hydrogens (tertiary/aromatic N) is 1. The second-order valence-corrected chi connectivity index (χ2v) is 7.75. The standard InChI is InChI=1S/C23H23F2NO4/c1-5-12(2)23(4,22(29)30)20-13(3)26(18-11-17(25)19(27)10-16(18)20)21(28)14-7-6-8-15(24)9-14/h6-12,27H,5H2,1-4H3,(H,29,30)/t12?,23-/m1/s1. The molecule has 30 heavy (non-hydrogen) atoms. The Labute approximate surface area is 172 Å². The summed E-state index contributed by atoms with van der Waals surface area (Å²) in [7, 11) is 0. The van der Waals surface area contributed by atoms with Crippen molar-refractivity contribution in [2.45, 2.75) is 39.5 Å². The van der Waals surface area contributed by atoms with Crippen LogP contribution < -0.4 is 0 Å². The second-order valence-electron chi connectivity index (χ2n) is 7.75. The summed E-state index contributed by atoms with van der Waals surface area (Å²) in [6.07, 6.45) is 0.542. The quantitative estimate of drug-likeness (QED) is 0.614. The lowest BCUT2D eigenvalue weighted by atomic mass is 9.70. The topological polar surface area (TPSA) is 79.5 Å². The molecule has 0 aliphatic carbocycles. The van der Waals surface area contributed by atoms with Gasteiger partial charge in [-0.05, 0) is 49.6 Å². The third-order valence-electron chi connectivity index (χ3n) is 6.11. The number of rotatable bonds is 5. The number of halogens is 2. The highest BCUT2D eigenvalue weighted by Crippen LogP contribution is 2.43. The zero-order chi connectivity index (χ0) is 22.4. The summed E-state index contributed by atoms with van der Waals surface area (Å²) in [5.41, 5.74) is -0.637. The number of carboxylic acids is 1. The minimum Gasteiger partial charge on any atom is -0.505 e. The number of carbonyl (C=O) groups is 2. The van der Waals surface area contributed by atoms with E-state index in [-0.39, 0.29) is 22.4 Å². The first kappa shape index (κ1) is 21.5. The molecule has 0 amide bonds. The number of hydrogen-bond donors (Lipinski definition) is 2. The molecular weight excluding hydrogens is 392 g/mol. The molecule has 0 saturated heterocycles. The first-order valence-electron chi connectivity index (χ1n) is 9.61. The van der Waals surface area contributed by atoms with Gasteiger partial charge in [-0.25, -0.2) is 8.78 Å². The highest BCUT2D eigenvalue weighted by Gasteiger charge is 2.44. The van der Waals surface area contributed by atoms with Crippen LogP contribution in [0.3, 0.4) is 0 Å². The average molecular weight is 415 g/mol. The van der Waals surface area contributed by atoms with Crippen molar-refractivity contribution < 1.29 is 28.6 Å². The van der Waals surface area contributed by atoms with E-state index in [1.54, 1.807) is 20.8 Å². The zero-order valence-electron chi connectivity index (χ0n) is 17.2. The number of aliphatic carboxylic acids is 1. The highest BCUT2D eigenvalue weighted by molar-refractivity contribution is 6.06. The molecule has 7 heteroatoms. The van der Waals surface area contributed by atoms with Crippen LogP contribution >= 0.6 is 0 Å². The lowest BCUT2D eigenvalue weighted by Crippen LogP contribution is -2.39. The largest absolute Gasteiger partial charge is 0.505 e. The van der Waals surface area contributed by atoms with Crippen molar-refractivity contribution in [1.29, 1.82) is 0 Å². The monoisotopic (exact) mass is 415 g/mol. The number of hydrogen-bond acceptors (Lipinski definition) is 3. The number of aromatic hydroxyl groups is 1. The minimum atomic E-state index is -1.41. The predicted molar refractivity (Wildman–Crippen MR) is 109 cm³/mol. The molecule has 158 valence electrons. The zero-order valence-corrected chi connectivity index (χ0v) is 17.2. The molecule has 1 aromatic heterocycles. The lowest BCUT2D eigenvalue weighted by Gasteiger charge is -2.32.